The van der Waals surface area contributed by atoms with E-state index in [1.54, 1.807) is 12.1 Å². The first-order valence-electron chi connectivity index (χ1n) is 14.0. The number of hydrogen-bond acceptors (Lipinski definition) is 6. The lowest BCUT2D eigenvalue weighted by atomic mass is 9.86. The van der Waals surface area contributed by atoms with E-state index in [0.717, 1.165) is 70.9 Å². The Morgan fingerprint density at radius 3 is 2.26 bits per heavy atom. The average molecular weight is 577 g/mol. The molecule has 3 aliphatic rings. The summed E-state index contributed by atoms with van der Waals surface area (Å²) in [5, 5.41) is 0. The van der Waals surface area contributed by atoms with Crippen molar-refractivity contribution >= 4 is 36.0 Å². The predicted octanol–water partition coefficient (Wildman–Crippen LogP) is 6.12. The third kappa shape index (κ3) is 9.02. The maximum atomic E-state index is 13.1. The van der Waals surface area contributed by atoms with Gasteiger partial charge in [-0.05, 0) is 65.9 Å². The van der Waals surface area contributed by atoms with E-state index in [0.29, 0.717) is 29.6 Å². The summed E-state index contributed by atoms with van der Waals surface area (Å²) in [7, 11) is 0. The predicted molar refractivity (Wildman–Crippen MR) is 162 cm³/mol. The Morgan fingerprint density at radius 1 is 0.897 bits per heavy atom. The largest absolute Gasteiger partial charge is 0.370 e. The lowest BCUT2D eigenvalue weighted by Crippen LogP contribution is -2.46. The number of allylic oxidation sites excluding steroid dienone is 5. The number of carbonyl (C=O) groups excluding carboxylic acids is 1. The van der Waals surface area contributed by atoms with Crippen molar-refractivity contribution in [3.05, 3.63) is 59.8 Å². The van der Waals surface area contributed by atoms with Crippen LogP contribution < -0.4 is 4.90 Å². The van der Waals surface area contributed by atoms with Gasteiger partial charge in [-0.3, -0.25) is 9.69 Å². The second-order valence-electron chi connectivity index (χ2n) is 11.5. The molecule has 0 atom stereocenters. The molecule has 0 radical (unpaired) electrons. The molecule has 1 aromatic rings. The molecular weight excluding hydrogens is 534 g/mol. The van der Waals surface area contributed by atoms with Crippen LogP contribution in [0.1, 0.15) is 40.0 Å². The summed E-state index contributed by atoms with van der Waals surface area (Å²) in [6.45, 7) is 14.5. The summed E-state index contributed by atoms with van der Waals surface area (Å²) in [4.78, 5) is 22.6. The summed E-state index contributed by atoms with van der Waals surface area (Å²) >= 11 is 3.73. The fraction of sp³-hybridized carbons (Fsp3) is 0.567. The van der Waals surface area contributed by atoms with Gasteiger partial charge in [-0.25, -0.2) is 0 Å². The van der Waals surface area contributed by atoms with Crippen LogP contribution in [0.4, 0.5) is 14.5 Å². The quantitative estimate of drug-likeness (QED) is 0.240. The van der Waals surface area contributed by atoms with Crippen molar-refractivity contribution in [1.29, 1.82) is 0 Å². The number of hydrogen-bond donors (Lipinski definition) is 1. The number of benzene rings is 1. The molecular formula is C30H42F2N4OS2. The molecule has 9 heteroatoms. The summed E-state index contributed by atoms with van der Waals surface area (Å²) in [5.74, 6) is 0.220. The summed E-state index contributed by atoms with van der Waals surface area (Å²) < 4.78 is 23.2. The van der Waals surface area contributed by atoms with Gasteiger partial charge in [-0.1, -0.05) is 51.6 Å². The highest BCUT2D eigenvalue weighted by molar-refractivity contribution is 8.11. The van der Waals surface area contributed by atoms with E-state index in [4.69, 9.17) is 0 Å². The van der Waals surface area contributed by atoms with E-state index < -0.39 is 4.59 Å². The molecule has 4 rings (SSSR count). The van der Waals surface area contributed by atoms with Gasteiger partial charge >= 0.3 is 4.59 Å². The normalized spacial score (nSPS) is 19.9. The third-order valence-electron chi connectivity index (χ3n) is 7.63. The second kappa shape index (κ2) is 13.1. The van der Waals surface area contributed by atoms with E-state index in [1.807, 2.05) is 17.0 Å². The molecule has 1 aliphatic carbocycles. The van der Waals surface area contributed by atoms with E-state index in [2.05, 4.69) is 72.4 Å². The van der Waals surface area contributed by atoms with Crippen molar-refractivity contribution in [3.63, 3.8) is 0 Å². The fourth-order valence-corrected chi connectivity index (χ4v) is 6.21. The van der Waals surface area contributed by atoms with Crippen molar-refractivity contribution in [3.8, 4) is 0 Å². The van der Waals surface area contributed by atoms with Gasteiger partial charge in [0, 0.05) is 81.6 Å². The van der Waals surface area contributed by atoms with Crippen LogP contribution in [0, 0.1) is 5.41 Å². The van der Waals surface area contributed by atoms with Gasteiger partial charge in [0.15, 0.2) is 0 Å². The van der Waals surface area contributed by atoms with Crippen LogP contribution >= 0.6 is 24.4 Å². The molecule has 5 nitrogen and oxygen atoms in total. The molecule has 0 saturated carbocycles. The van der Waals surface area contributed by atoms with Gasteiger partial charge in [0.25, 0.3) is 0 Å². The minimum absolute atomic E-state index is 0.163. The van der Waals surface area contributed by atoms with Crippen LogP contribution in [0.2, 0.25) is 0 Å². The van der Waals surface area contributed by atoms with Gasteiger partial charge in [0.05, 0.1) is 0 Å². The van der Waals surface area contributed by atoms with Crippen molar-refractivity contribution in [2.75, 3.05) is 63.8 Å². The van der Waals surface area contributed by atoms with Gasteiger partial charge in [0.1, 0.15) is 0 Å². The van der Waals surface area contributed by atoms with Crippen molar-refractivity contribution in [2.45, 2.75) is 49.5 Å². The average Bonchev–Trinajstić information content (AvgIpc) is 3.29. The van der Waals surface area contributed by atoms with E-state index in [-0.39, 0.29) is 11.3 Å². The Labute approximate surface area is 242 Å². The summed E-state index contributed by atoms with van der Waals surface area (Å²) in [5.41, 5.74) is 3.86. The van der Waals surface area contributed by atoms with Crippen LogP contribution in [0.3, 0.4) is 0 Å². The topological polar surface area (TPSA) is 30.0 Å². The van der Waals surface area contributed by atoms with E-state index in [1.165, 1.54) is 11.3 Å². The SMILES string of the molecule is CC(C)(C)C1=CCC=C(N2CCN(CCC(=O)N3CCCN(c4ccc(SC(F)(F)S)cc4)CC3)CC2)C=C1. The number of halogens is 2. The molecule has 1 amide bonds. The molecule has 2 saturated heterocycles. The first-order chi connectivity index (χ1) is 18.5. The number of anilines is 1. The zero-order valence-electron chi connectivity index (χ0n) is 23.4. The summed E-state index contributed by atoms with van der Waals surface area (Å²) in [6.07, 6.45) is 11.6. The molecule has 39 heavy (non-hydrogen) atoms. The Kier molecular flexibility index (Phi) is 10.1. The number of rotatable bonds is 7. The number of thiol groups is 1. The standard InChI is InChI=1S/C30H42F2N4OS2/c1-29(2,3)24-6-4-7-25(9-8-24)35-20-18-33(19-21-35)17-14-28(37)36-16-5-15-34(22-23-36)26-10-12-27(13-11-26)39-30(31,32)38/h6-13,38H,4-5,14-23H2,1-3H3. The van der Waals surface area contributed by atoms with Gasteiger partial charge in [-0.2, -0.15) is 8.78 Å². The zero-order chi connectivity index (χ0) is 28.0. The molecule has 0 aromatic heterocycles. The van der Waals surface area contributed by atoms with Crippen molar-refractivity contribution in [2.24, 2.45) is 5.41 Å². The molecule has 2 aliphatic heterocycles. The van der Waals surface area contributed by atoms with Gasteiger partial charge in [-0.15, -0.1) is 0 Å². The first-order valence-corrected chi connectivity index (χ1v) is 15.2. The smallest absolute Gasteiger partial charge is 0.343 e. The van der Waals surface area contributed by atoms with Crippen LogP contribution in [-0.4, -0.2) is 84.1 Å². The molecule has 0 N–H and O–H groups in total. The van der Waals surface area contributed by atoms with Crippen LogP contribution in [0.15, 0.2) is 64.7 Å². The molecule has 0 unspecified atom stereocenters. The number of piperazine rings is 1. The molecule has 2 heterocycles. The lowest BCUT2D eigenvalue weighted by molar-refractivity contribution is -0.131. The fourth-order valence-electron chi connectivity index (χ4n) is 5.34. The monoisotopic (exact) mass is 576 g/mol. The molecule has 214 valence electrons. The minimum atomic E-state index is -3.09. The summed E-state index contributed by atoms with van der Waals surface area (Å²) in [6, 6.07) is 7.17. The van der Waals surface area contributed by atoms with Crippen LogP contribution in [-0.2, 0) is 4.79 Å². The maximum Gasteiger partial charge on any atom is 0.343 e. The first kappa shape index (κ1) is 30.0. The molecule has 0 spiro atoms. The van der Waals surface area contributed by atoms with E-state index >= 15 is 0 Å². The Hall–Kier alpha value is -1.97. The highest BCUT2D eigenvalue weighted by Crippen LogP contribution is 2.39. The Bertz CT molecular complexity index is 1070. The van der Waals surface area contributed by atoms with Gasteiger partial charge < -0.3 is 14.7 Å². The lowest BCUT2D eigenvalue weighted by Gasteiger charge is -2.36. The number of amides is 1. The van der Waals surface area contributed by atoms with E-state index in [9.17, 15) is 13.6 Å². The number of carbonyl (C=O) groups is 1. The second-order valence-corrected chi connectivity index (χ2v) is 13.5. The third-order valence-corrected chi connectivity index (χ3v) is 8.66. The molecule has 2 fully saturated rings. The number of nitrogens with zero attached hydrogens (tertiary/aromatic N) is 4. The van der Waals surface area contributed by atoms with Crippen LogP contribution in [0.5, 0.6) is 0 Å². The van der Waals surface area contributed by atoms with Crippen LogP contribution in [0.25, 0.3) is 0 Å². The number of thioether (sulfide) groups is 1. The van der Waals surface area contributed by atoms with Gasteiger partial charge in [0.2, 0.25) is 5.91 Å². The zero-order valence-corrected chi connectivity index (χ0v) is 25.1. The Balaban J connectivity index is 1.19. The highest BCUT2D eigenvalue weighted by atomic mass is 32.2. The minimum Gasteiger partial charge on any atom is -0.370 e. The Morgan fingerprint density at radius 2 is 1.59 bits per heavy atom. The molecule has 0 bridgehead atoms. The number of alkyl halides is 2. The maximum absolute atomic E-state index is 13.1. The molecule has 1 aromatic carbocycles. The highest BCUT2D eigenvalue weighted by Gasteiger charge is 2.25. The van der Waals surface area contributed by atoms with Crippen molar-refractivity contribution in [1.82, 2.24) is 14.7 Å². The van der Waals surface area contributed by atoms with Crippen molar-refractivity contribution < 1.29 is 13.6 Å².